The third-order valence-corrected chi connectivity index (χ3v) is 3.46. The van der Waals surface area contributed by atoms with E-state index in [1.165, 1.54) is 14.2 Å². The van der Waals surface area contributed by atoms with Gasteiger partial charge in [-0.25, -0.2) is 9.59 Å². The molecule has 0 aliphatic heterocycles. The number of hydrogen-bond donors (Lipinski definition) is 2. The Morgan fingerprint density at radius 1 is 1.05 bits per heavy atom. The molecule has 1 aliphatic rings. The molecule has 6 nitrogen and oxygen atoms in total. The van der Waals surface area contributed by atoms with E-state index < -0.39 is 17.7 Å². The van der Waals surface area contributed by atoms with E-state index in [1.807, 2.05) is 6.92 Å². The molecule has 0 aromatic heterocycles. The van der Waals surface area contributed by atoms with Gasteiger partial charge in [-0.1, -0.05) is 13.8 Å². The zero-order valence-corrected chi connectivity index (χ0v) is 12.3. The molecule has 0 saturated heterocycles. The molecule has 2 atom stereocenters. The summed E-state index contributed by atoms with van der Waals surface area (Å²) in [6.45, 7) is 6.21. The lowest BCUT2D eigenvalue weighted by Gasteiger charge is -2.46. The molecule has 0 aromatic carbocycles. The monoisotopic (exact) mass is 272 g/mol. The molecule has 0 spiro atoms. The molecule has 2 N–H and O–H groups in total. The lowest BCUT2D eigenvalue weighted by molar-refractivity contribution is 0.0884. The lowest BCUT2D eigenvalue weighted by atomic mass is 9.67. The highest BCUT2D eigenvalue weighted by molar-refractivity contribution is 5.68. The van der Waals surface area contributed by atoms with E-state index in [0.29, 0.717) is 6.42 Å². The molecule has 0 aromatic rings. The second kappa shape index (κ2) is 5.67. The fraction of sp³-hybridized carbons (Fsp3) is 0.846. The lowest BCUT2D eigenvalue weighted by Crippen LogP contribution is -2.57. The van der Waals surface area contributed by atoms with E-state index in [9.17, 15) is 9.59 Å². The van der Waals surface area contributed by atoms with Crippen molar-refractivity contribution in [3.05, 3.63) is 0 Å². The van der Waals surface area contributed by atoms with Crippen LogP contribution in [0.25, 0.3) is 0 Å². The number of alkyl carbamates (subject to hydrolysis) is 2. The standard InChI is InChI=1S/C13H24N2O4/c1-12(2)6-9(14-10(16)18-4)7-13(3,8-12)15-11(17)19-5/h9H,6-8H2,1-5H3,(H,14,16)(H,15,17). The minimum Gasteiger partial charge on any atom is -0.453 e. The van der Waals surface area contributed by atoms with Crippen LogP contribution in [0.2, 0.25) is 0 Å². The second-order valence-corrected chi connectivity index (χ2v) is 6.26. The molecule has 1 fully saturated rings. The smallest absolute Gasteiger partial charge is 0.407 e. The molecule has 0 bridgehead atoms. The van der Waals surface area contributed by atoms with Gasteiger partial charge in [-0.05, 0) is 31.6 Å². The normalized spacial score (nSPS) is 29.2. The summed E-state index contributed by atoms with van der Waals surface area (Å²) in [7, 11) is 2.69. The summed E-state index contributed by atoms with van der Waals surface area (Å²) in [5.74, 6) is 0. The van der Waals surface area contributed by atoms with Crippen LogP contribution in [0.5, 0.6) is 0 Å². The number of carbonyl (C=O) groups excluding carboxylic acids is 2. The molecule has 6 heteroatoms. The minimum absolute atomic E-state index is 0.0136. The van der Waals surface area contributed by atoms with E-state index in [-0.39, 0.29) is 11.5 Å². The van der Waals surface area contributed by atoms with Gasteiger partial charge in [-0.3, -0.25) is 0 Å². The van der Waals surface area contributed by atoms with E-state index in [1.54, 1.807) is 0 Å². The van der Waals surface area contributed by atoms with Gasteiger partial charge in [-0.15, -0.1) is 0 Å². The average molecular weight is 272 g/mol. The highest BCUT2D eigenvalue weighted by Crippen LogP contribution is 2.41. The maximum absolute atomic E-state index is 11.4. The van der Waals surface area contributed by atoms with E-state index in [0.717, 1.165) is 12.8 Å². The predicted octanol–water partition coefficient (Wildman–Crippen LogP) is 2.04. The Morgan fingerprint density at radius 3 is 2.16 bits per heavy atom. The predicted molar refractivity (Wildman–Crippen MR) is 70.9 cm³/mol. The maximum Gasteiger partial charge on any atom is 0.407 e. The van der Waals surface area contributed by atoms with Gasteiger partial charge in [0.15, 0.2) is 0 Å². The first-order valence-electron chi connectivity index (χ1n) is 6.40. The maximum atomic E-state index is 11.4. The van der Waals surface area contributed by atoms with Crippen LogP contribution >= 0.6 is 0 Å². The number of carbonyl (C=O) groups is 2. The van der Waals surface area contributed by atoms with Gasteiger partial charge < -0.3 is 20.1 Å². The van der Waals surface area contributed by atoms with E-state index in [4.69, 9.17) is 0 Å². The average Bonchev–Trinajstić information content (AvgIpc) is 2.25. The second-order valence-electron chi connectivity index (χ2n) is 6.26. The van der Waals surface area contributed by atoms with Crippen molar-refractivity contribution in [1.82, 2.24) is 10.6 Å². The highest BCUT2D eigenvalue weighted by atomic mass is 16.5. The number of ether oxygens (including phenoxy) is 2. The summed E-state index contributed by atoms with van der Waals surface area (Å²) in [6, 6.07) is -0.0293. The highest BCUT2D eigenvalue weighted by Gasteiger charge is 2.42. The van der Waals surface area contributed by atoms with Gasteiger partial charge in [0.05, 0.1) is 14.2 Å². The van der Waals surface area contributed by atoms with Crippen molar-refractivity contribution >= 4 is 12.2 Å². The van der Waals surface area contributed by atoms with Crippen molar-refractivity contribution in [1.29, 1.82) is 0 Å². The fourth-order valence-corrected chi connectivity index (χ4v) is 3.20. The first-order chi connectivity index (χ1) is 8.69. The Kier molecular flexibility index (Phi) is 4.66. The Bertz CT molecular complexity index is 357. The number of methoxy groups -OCH3 is 2. The first-order valence-corrected chi connectivity index (χ1v) is 6.40. The van der Waals surface area contributed by atoms with Gasteiger partial charge in [0.1, 0.15) is 0 Å². The van der Waals surface area contributed by atoms with Gasteiger partial charge >= 0.3 is 12.2 Å². The summed E-state index contributed by atoms with van der Waals surface area (Å²) in [6.07, 6.45) is 1.44. The van der Waals surface area contributed by atoms with Crippen LogP contribution < -0.4 is 10.6 Å². The SMILES string of the molecule is COC(=O)NC1CC(C)(C)CC(C)(NC(=O)OC)C1. The molecule has 0 heterocycles. The third kappa shape index (κ3) is 4.61. The molecule has 0 radical (unpaired) electrons. The molecule has 1 rings (SSSR count). The van der Waals surface area contributed by atoms with Crippen LogP contribution in [0.4, 0.5) is 9.59 Å². The van der Waals surface area contributed by atoms with Crippen molar-refractivity contribution in [3.8, 4) is 0 Å². The van der Waals surface area contributed by atoms with Crippen molar-refractivity contribution in [2.45, 2.75) is 51.6 Å². The van der Waals surface area contributed by atoms with Crippen LogP contribution in [-0.4, -0.2) is 38.0 Å². The van der Waals surface area contributed by atoms with Crippen LogP contribution in [0.15, 0.2) is 0 Å². The van der Waals surface area contributed by atoms with Gasteiger partial charge in [0, 0.05) is 11.6 Å². The fourth-order valence-electron chi connectivity index (χ4n) is 3.20. The van der Waals surface area contributed by atoms with Crippen LogP contribution in [-0.2, 0) is 9.47 Å². The van der Waals surface area contributed by atoms with E-state index in [2.05, 4.69) is 34.0 Å². The van der Waals surface area contributed by atoms with E-state index >= 15 is 0 Å². The molecular formula is C13H24N2O4. The molecule has 2 unspecified atom stereocenters. The van der Waals surface area contributed by atoms with Crippen LogP contribution in [0, 0.1) is 5.41 Å². The Morgan fingerprint density at radius 2 is 1.63 bits per heavy atom. The third-order valence-electron chi connectivity index (χ3n) is 3.46. The summed E-state index contributed by atoms with van der Waals surface area (Å²) in [5, 5.41) is 5.69. The molecule has 1 saturated carbocycles. The van der Waals surface area contributed by atoms with Crippen molar-refractivity contribution in [3.63, 3.8) is 0 Å². The van der Waals surface area contributed by atoms with Gasteiger partial charge in [0.2, 0.25) is 0 Å². The largest absolute Gasteiger partial charge is 0.453 e. The zero-order valence-electron chi connectivity index (χ0n) is 12.3. The number of amides is 2. The van der Waals surface area contributed by atoms with Gasteiger partial charge in [0.25, 0.3) is 0 Å². The molecular weight excluding hydrogens is 248 g/mol. The topological polar surface area (TPSA) is 76.7 Å². The van der Waals surface area contributed by atoms with Crippen LogP contribution in [0.3, 0.4) is 0 Å². The molecule has 1 aliphatic carbocycles. The quantitative estimate of drug-likeness (QED) is 0.806. The zero-order chi connectivity index (χ0) is 14.7. The summed E-state index contributed by atoms with van der Waals surface area (Å²) < 4.78 is 9.29. The summed E-state index contributed by atoms with van der Waals surface area (Å²) in [5.41, 5.74) is -0.389. The first kappa shape index (κ1) is 15.6. The van der Waals surface area contributed by atoms with Gasteiger partial charge in [-0.2, -0.15) is 0 Å². The molecule has 19 heavy (non-hydrogen) atoms. The minimum atomic E-state index is -0.447. The van der Waals surface area contributed by atoms with Crippen LogP contribution in [0.1, 0.15) is 40.0 Å². The van der Waals surface area contributed by atoms with Crippen molar-refractivity contribution < 1.29 is 19.1 Å². The number of hydrogen-bond acceptors (Lipinski definition) is 4. The number of nitrogens with one attached hydrogen (secondary N) is 2. The summed E-state index contributed by atoms with van der Waals surface area (Å²) >= 11 is 0. The van der Waals surface area contributed by atoms with Crippen molar-refractivity contribution in [2.24, 2.45) is 5.41 Å². The Labute approximate surface area is 114 Å². The summed E-state index contributed by atoms with van der Waals surface area (Å²) in [4.78, 5) is 22.8. The molecule has 2 amide bonds. The number of rotatable bonds is 2. The van der Waals surface area contributed by atoms with Crippen molar-refractivity contribution in [2.75, 3.05) is 14.2 Å². The Hall–Kier alpha value is -1.46. The Balaban J connectivity index is 2.77. The molecule has 110 valence electrons.